The fraction of sp³-hybridized carbons (Fsp3) is 0.276. The summed E-state index contributed by atoms with van der Waals surface area (Å²) in [6, 6.07) is 16.1. The first kappa shape index (κ1) is 23.1. The van der Waals surface area contributed by atoms with Crippen LogP contribution in [0.15, 0.2) is 60.9 Å². The van der Waals surface area contributed by atoms with Crippen molar-refractivity contribution in [1.29, 1.82) is 0 Å². The van der Waals surface area contributed by atoms with Crippen molar-refractivity contribution in [3.05, 3.63) is 94.7 Å². The van der Waals surface area contributed by atoms with Crippen molar-refractivity contribution in [2.24, 2.45) is 5.92 Å². The zero-order valence-corrected chi connectivity index (χ0v) is 21.3. The molecule has 37 heavy (non-hydrogen) atoms. The van der Waals surface area contributed by atoms with Gasteiger partial charge in [-0.2, -0.15) is 0 Å². The molecule has 1 atom stereocenters. The van der Waals surface area contributed by atoms with E-state index in [-0.39, 0.29) is 11.8 Å². The minimum Gasteiger partial charge on any atom is -0.329 e. The van der Waals surface area contributed by atoms with Gasteiger partial charge in [0.15, 0.2) is 11.5 Å². The van der Waals surface area contributed by atoms with E-state index >= 15 is 0 Å². The number of imide groups is 1. The third kappa shape index (κ3) is 3.63. The maximum atomic E-state index is 13.5. The molecule has 8 nitrogen and oxygen atoms in total. The number of aryl methyl sites for hydroxylation is 1. The molecule has 0 spiro atoms. The van der Waals surface area contributed by atoms with E-state index in [1.807, 2.05) is 30.3 Å². The molecular formula is C29H28N6O2. The molecule has 0 fully saturated rings. The van der Waals surface area contributed by atoms with Crippen LogP contribution in [0.3, 0.4) is 0 Å². The van der Waals surface area contributed by atoms with Gasteiger partial charge >= 0.3 is 0 Å². The van der Waals surface area contributed by atoms with Crippen LogP contribution in [0.1, 0.15) is 63.3 Å². The van der Waals surface area contributed by atoms with Crippen LogP contribution >= 0.6 is 0 Å². The van der Waals surface area contributed by atoms with Gasteiger partial charge in [-0.3, -0.25) is 14.5 Å². The topological polar surface area (TPSA) is 85.4 Å². The Balaban J connectivity index is 1.52. The molecule has 0 saturated carbocycles. The number of carbonyl (C=O) groups excluding carboxylic acids is 2. The predicted molar refractivity (Wildman–Crippen MR) is 140 cm³/mol. The average molecular weight is 493 g/mol. The van der Waals surface area contributed by atoms with Gasteiger partial charge in [0.2, 0.25) is 0 Å². The fourth-order valence-electron chi connectivity index (χ4n) is 5.30. The molecule has 2 amide bonds. The minimum absolute atomic E-state index is 0.321. The number of fused-ring (bicyclic) bond motifs is 4. The van der Waals surface area contributed by atoms with E-state index in [9.17, 15) is 9.59 Å². The lowest BCUT2D eigenvalue weighted by molar-refractivity contribution is 0.0574. The SMILES string of the molecule is Cc1c(C)n(CC(C)C)c2ncn3nc(C(Cc4ccccc4)N4C(=O)c5ccccc5C4=O)nc3c12. The fourth-order valence-corrected chi connectivity index (χ4v) is 5.30. The molecule has 1 aliphatic rings. The van der Waals surface area contributed by atoms with Crippen molar-refractivity contribution < 1.29 is 9.59 Å². The largest absolute Gasteiger partial charge is 0.329 e. The highest BCUT2D eigenvalue weighted by Gasteiger charge is 2.42. The van der Waals surface area contributed by atoms with Crippen molar-refractivity contribution >= 4 is 28.5 Å². The first-order valence-electron chi connectivity index (χ1n) is 12.6. The van der Waals surface area contributed by atoms with Gasteiger partial charge in [-0.05, 0) is 43.0 Å². The molecule has 0 bridgehead atoms. The summed E-state index contributed by atoms with van der Waals surface area (Å²) in [5.41, 5.74) is 5.61. The molecule has 1 aliphatic heterocycles. The van der Waals surface area contributed by atoms with Crippen LogP contribution in [0.2, 0.25) is 0 Å². The molecule has 5 aromatic rings. The van der Waals surface area contributed by atoms with E-state index in [1.54, 1.807) is 35.1 Å². The summed E-state index contributed by atoms with van der Waals surface area (Å²) in [5.74, 6) is 0.239. The third-order valence-corrected chi connectivity index (χ3v) is 7.22. The van der Waals surface area contributed by atoms with Gasteiger partial charge in [0.1, 0.15) is 18.0 Å². The Morgan fingerprint density at radius 1 is 0.865 bits per heavy atom. The van der Waals surface area contributed by atoms with Crippen molar-refractivity contribution in [2.45, 2.75) is 46.7 Å². The quantitative estimate of drug-likeness (QED) is 0.314. The molecule has 0 aliphatic carbocycles. The van der Waals surface area contributed by atoms with Crippen LogP contribution in [0.25, 0.3) is 16.7 Å². The van der Waals surface area contributed by atoms with Crippen LogP contribution in [0, 0.1) is 19.8 Å². The molecule has 0 saturated heterocycles. The summed E-state index contributed by atoms with van der Waals surface area (Å²) in [6.07, 6.45) is 2.08. The van der Waals surface area contributed by atoms with Crippen LogP contribution in [-0.2, 0) is 13.0 Å². The van der Waals surface area contributed by atoms with Crippen LogP contribution < -0.4 is 0 Å². The lowest BCUT2D eigenvalue weighted by atomic mass is 10.0. The zero-order chi connectivity index (χ0) is 25.8. The van der Waals surface area contributed by atoms with Gasteiger partial charge in [-0.25, -0.2) is 14.5 Å². The summed E-state index contributed by atoms with van der Waals surface area (Å²) in [4.78, 5) is 38.0. The van der Waals surface area contributed by atoms with Crippen LogP contribution in [0.5, 0.6) is 0 Å². The smallest absolute Gasteiger partial charge is 0.262 e. The Hall–Kier alpha value is -4.33. The van der Waals surface area contributed by atoms with Gasteiger partial charge in [-0.1, -0.05) is 56.3 Å². The average Bonchev–Trinajstić information content (AvgIpc) is 3.51. The zero-order valence-electron chi connectivity index (χ0n) is 21.3. The molecule has 6 rings (SSSR count). The molecule has 2 aromatic carbocycles. The van der Waals surface area contributed by atoms with Crippen LogP contribution in [-0.4, -0.2) is 40.9 Å². The monoisotopic (exact) mass is 492 g/mol. The molecule has 186 valence electrons. The molecule has 1 unspecified atom stereocenters. The van der Waals surface area contributed by atoms with Gasteiger partial charge in [-0.15, -0.1) is 5.10 Å². The summed E-state index contributed by atoms with van der Waals surface area (Å²) < 4.78 is 3.90. The van der Waals surface area contributed by atoms with E-state index in [0.717, 1.165) is 34.4 Å². The normalized spacial score (nSPS) is 14.4. The van der Waals surface area contributed by atoms with Crippen molar-refractivity contribution in [3.63, 3.8) is 0 Å². The van der Waals surface area contributed by atoms with Crippen molar-refractivity contribution in [3.8, 4) is 0 Å². The highest BCUT2D eigenvalue weighted by molar-refractivity contribution is 6.21. The molecule has 0 N–H and O–H groups in total. The molecular weight excluding hydrogens is 464 g/mol. The van der Waals surface area contributed by atoms with Gasteiger partial charge in [0, 0.05) is 18.7 Å². The number of hydrogen-bond donors (Lipinski definition) is 0. The minimum atomic E-state index is -0.663. The predicted octanol–water partition coefficient (Wildman–Crippen LogP) is 4.93. The summed E-state index contributed by atoms with van der Waals surface area (Å²) in [6.45, 7) is 9.40. The van der Waals surface area contributed by atoms with E-state index in [4.69, 9.17) is 15.1 Å². The summed E-state index contributed by atoms with van der Waals surface area (Å²) in [5, 5.41) is 5.71. The number of aromatic nitrogens is 5. The first-order chi connectivity index (χ1) is 17.8. The number of hydrogen-bond acceptors (Lipinski definition) is 5. The van der Waals surface area contributed by atoms with E-state index in [2.05, 4.69) is 32.3 Å². The molecule has 0 radical (unpaired) electrons. The second kappa shape index (κ2) is 8.65. The standard InChI is InChI=1S/C29H28N6O2/c1-17(2)15-33-19(4)18(3)24-26(33)30-16-34-27(24)31-25(32-34)23(14-20-10-6-5-7-11-20)35-28(36)21-12-8-9-13-22(21)29(35)37/h5-13,16-17,23H,14-15H2,1-4H3. The van der Waals surface area contributed by atoms with E-state index in [0.29, 0.717) is 34.9 Å². The number of benzene rings is 2. The van der Waals surface area contributed by atoms with Crippen molar-refractivity contribution in [2.75, 3.05) is 0 Å². The van der Waals surface area contributed by atoms with Gasteiger partial charge < -0.3 is 4.57 Å². The number of rotatable bonds is 6. The Morgan fingerprint density at radius 3 is 2.16 bits per heavy atom. The number of carbonyl (C=O) groups is 2. The second-order valence-electron chi connectivity index (χ2n) is 10.1. The Morgan fingerprint density at radius 2 is 1.51 bits per heavy atom. The lowest BCUT2D eigenvalue weighted by Gasteiger charge is -2.24. The maximum Gasteiger partial charge on any atom is 0.262 e. The summed E-state index contributed by atoms with van der Waals surface area (Å²) in [7, 11) is 0. The highest BCUT2D eigenvalue weighted by atomic mass is 16.2. The number of amides is 2. The van der Waals surface area contributed by atoms with E-state index in [1.165, 1.54) is 4.90 Å². The summed E-state index contributed by atoms with van der Waals surface area (Å²) >= 11 is 0. The first-order valence-corrected chi connectivity index (χ1v) is 12.6. The van der Waals surface area contributed by atoms with Crippen molar-refractivity contribution in [1.82, 2.24) is 29.0 Å². The number of nitrogens with zero attached hydrogens (tertiary/aromatic N) is 6. The maximum absolute atomic E-state index is 13.5. The van der Waals surface area contributed by atoms with Gasteiger partial charge in [0.05, 0.1) is 16.5 Å². The lowest BCUT2D eigenvalue weighted by Crippen LogP contribution is -2.36. The Kier molecular flexibility index (Phi) is 5.40. The molecule has 4 heterocycles. The second-order valence-corrected chi connectivity index (χ2v) is 10.1. The Bertz CT molecular complexity index is 1650. The van der Waals surface area contributed by atoms with Gasteiger partial charge in [0.25, 0.3) is 11.8 Å². The van der Waals surface area contributed by atoms with Crippen LogP contribution in [0.4, 0.5) is 0 Å². The molecule has 3 aromatic heterocycles. The van der Waals surface area contributed by atoms with E-state index < -0.39 is 6.04 Å². The Labute approximate surface area is 214 Å². The molecule has 8 heteroatoms. The third-order valence-electron chi connectivity index (χ3n) is 7.22. The highest BCUT2D eigenvalue weighted by Crippen LogP contribution is 2.34.